The van der Waals surface area contributed by atoms with Crippen molar-refractivity contribution in [1.29, 1.82) is 0 Å². The highest BCUT2D eigenvalue weighted by molar-refractivity contribution is 7.12. The van der Waals surface area contributed by atoms with Gasteiger partial charge in [0, 0.05) is 22.0 Å². The summed E-state index contributed by atoms with van der Waals surface area (Å²) in [7, 11) is 0. The first-order chi connectivity index (χ1) is 8.06. The van der Waals surface area contributed by atoms with E-state index in [1.807, 2.05) is 0 Å². The fourth-order valence-electron chi connectivity index (χ4n) is 1.66. The van der Waals surface area contributed by atoms with Crippen LogP contribution in [0, 0.1) is 19.7 Å². The zero-order valence-corrected chi connectivity index (χ0v) is 11.3. The molecule has 4 heteroatoms. The molecule has 1 nitrogen and oxygen atoms in total. The van der Waals surface area contributed by atoms with E-state index in [2.05, 4.69) is 25.2 Å². The largest absolute Gasteiger partial charge is 0.381 e. The van der Waals surface area contributed by atoms with Crippen LogP contribution in [0.5, 0.6) is 0 Å². The number of anilines is 1. The van der Waals surface area contributed by atoms with Crippen molar-refractivity contribution in [3.8, 4) is 0 Å². The van der Waals surface area contributed by atoms with Crippen molar-refractivity contribution in [2.75, 3.05) is 5.32 Å². The molecule has 1 aromatic carbocycles. The summed E-state index contributed by atoms with van der Waals surface area (Å²) in [6.45, 7) is 4.93. The summed E-state index contributed by atoms with van der Waals surface area (Å²) in [6.07, 6.45) is 0. The molecule has 0 atom stereocenters. The van der Waals surface area contributed by atoms with Crippen LogP contribution in [0.2, 0.25) is 5.02 Å². The molecule has 1 aromatic heterocycles. The van der Waals surface area contributed by atoms with Crippen molar-refractivity contribution in [3.05, 3.63) is 50.4 Å². The van der Waals surface area contributed by atoms with E-state index >= 15 is 0 Å². The summed E-state index contributed by atoms with van der Waals surface area (Å²) in [5, 5.41) is 3.39. The van der Waals surface area contributed by atoms with Gasteiger partial charge in [0.1, 0.15) is 5.82 Å². The first kappa shape index (κ1) is 12.4. The van der Waals surface area contributed by atoms with E-state index in [0.717, 1.165) is 12.2 Å². The number of halogens is 2. The number of rotatable bonds is 3. The number of benzene rings is 1. The molecular weight excluding hydrogens is 257 g/mol. The van der Waals surface area contributed by atoms with E-state index in [4.69, 9.17) is 11.6 Å². The van der Waals surface area contributed by atoms with Crippen LogP contribution in [0.25, 0.3) is 0 Å². The number of aryl methyl sites for hydroxylation is 2. The number of thiophene rings is 1. The van der Waals surface area contributed by atoms with Crippen molar-refractivity contribution >= 4 is 28.6 Å². The van der Waals surface area contributed by atoms with Gasteiger partial charge >= 0.3 is 0 Å². The highest BCUT2D eigenvalue weighted by Gasteiger charge is 2.04. The van der Waals surface area contributed by atoms with Crippen LogP contribution < -0.4 is 5.32 Å². The predicted molar refractivity (Wildman–Crippen MR) is 72.5 cm³/mol. The Bertz CT molecular complexity index is 536. The minimum Gasteiger partial charge on any atom is -0.381 e. The second kappa shape index (κ2) is 5.07. The molecule has 90 valence electrons. The highest BCUT2D eigenvalue weighted by atomic mass is 35.5. The van der Waals surface area contributed by atoms with Gasteiger partial charge in [0.15, 0.2) is 0 Å². The Balaban J connectivity index is 2.07. The molecule has 0 saturated carbocycles. The predicted octanol–water partition coefficient (Wildman–Crippen LogP) is 4.77. The Morgan fingerprint density at radius 3 is 2.65 bits per heavy atom. The minimum absolute atomic E-state index is 0.147. The van der Waals surface area contributed by atoms with Gasteiger partial charge in [0.2, 0.25) is 0 Å². The lowest BCUT2D eigenvalue weighted by Gasteiger charge is -2.06. The Labute approximate surface area is 109 Å². The maximum Gasteiger partial charge on any atom is 0.141 e. The van der Waals surface area contributed by atoms with E-state index in [1.54, 1.807) is 23.5 Å². The normalized spacial score (nSPS) is 10.6. The lowest BCUT2D eigenvalue weighted by molar-refractivity contribution is 0.628. The lowest BCUT2D eigenvalue weighted by Crippen LogP contribution is -1.99. The average Bonchev–Trinajstić information content (AvgIpc) is 2.59. The summed E-state index contributed by atoms with van der Waals surface area (Å²) in [5.74, 6) is -0.389. The summed E-state index contributed by atoms with van der Waals surface area (Å²) < 4.78 is 13.0. The quantitative estimate of drug-likeness (QED) is 0.846. The fourth-order valence-corrected chi connectivity index (χ4v) is 2.79. The molecule has 0 aliphatic heterocycles. The van der Waals surface area contributed by atoms with Crippen molar-refractivity contribution in [2.45, 2.75) is 20.4 Å². The topological polar surface area (TPSA) is 12.0 Å². The first-order valence-corrected chi connectivity index (χ1v) is 6.50. The Morgan fingerprint density at radius 2 is 2.06 bits per heavy atom. The van der Waals surface area contributed by atoms with Gasteiger partial charge in [-0.2, -0.15) is 0 Å². The zero-order chi connectivity index (χ0) is 12.4. The Kier molecular flexibility index (Phi) is 3.69. The molecule has 0 aliphatic rings. The van der Waals surface area contributed by atoms with Crippen LogP contribution in [0.4, 0.5) is 10.1 Å². The van der Waals surface area contributed by atoms with Crippen molar-refractivity contribution in [3.63, 3.8) is 0 Å². The van der Waals surface area contributed by atoms with Gasteiger partial charge in [-0.1, -0.05) is 11.6 Å². The van der Waals surface area contributed by atoms with Crippen molar-refractivity contribution < 1.29 is 4.39 Å². The van der Waals surface area contributed by atoms with Gasteiger partial charge in [-0.3, -0.25) is 0 Å². The van der Waals surface area contributed by atoms with Crippen molar-refractivity contribution in [2.24, 2.45) is 0 Å². The van der Waals surface area contributed by atoms with Gasteiger partial charge in [-0.25, -0.2) is 4.39 Å². The second-order valence-corrected chi connectivity index (χ2v) is 5.79. The SMILES string of the molecule is Cc1cc(CNc2ccc(F)c(Cl)c2)c(C)s1. The van der Waals surface area contributed by atoms with E-state index in [1.165, 1.54) is 21.4 Å². The van der Waals surface area contributed by atoms with Gasteiger partial charge in [0.25, 0.3) is 0 Å². The van der Waals surface area contributed by atoms with Gasteiger partial charge in [0.05, 0.1) is 5.02 Å². The summed E-state index contributed by atoms with van der Waals surface area (Å²) in [5.41, 5.74) is 2.10. The molecule has 0 spiro atoms. The third-order valence-electron chi connectivity index (χ3n) is 2.55. The Morgan fingerprint density at radius 1 is 1.29 bits per heavy atom. The van der Waals surface area contributed by atoms with E-state index in [9.17, 15) is 4.39 Å². The summed E-state index contributed by atoms with van der Waals surface area (Å²) in [6, 6.07) is 6.83. The van der Waals surface area contributed by atoms with Crippen LogP contribution in [0.1, 0.15) is 15.3 Å². The van der Waals surface area contributed by atoms with Gasteiger partial charge in [-0.05, 0) is 43.7 Å². The van der Waals surface area contributed by atoms with Crippen LogP contribution >= 0.6 is 22.9 Å². The highest BCUT2D eigenvalue weighted by Crippen LogP contribution is 2.23. The van der Waals surface area contributed by atoms with E-state index in [0.29, 0.717) is 0 Å². The maximum atomic E-state index is 13.0. The van der Waals surface area contributed by atoms with Crippen LogP contribution in [-0.4, -0.2) is 0 Å². The van der Waals surface area contributed by atoms with E-state index < -0.39 is 0 Å². The third-order valence-corrected chi connectivity index (χ3v) is 3.84. The molecule has 0 saturated heterocycles. The molecule has 1 N–H and O–H groups in total. The molecule has 0 amide bonds. The minimum atomic E-state index is -0.389. The second-order valence-electron chi connectivity index (χ2n) is 3.92. The third kappa shape index (κ3) is 2.99. The zero-order valence-electron chi connectivity index (χ0n) is 9.68. The smallest absolute Gasteiger partial charge is 0.141 e. The van der Waals surface area contributed by atoms with Gasteiger partial charge < -0.3 is 5.32 Å². The van der Waals surface area contributed by atoms with Gasteiger partial charge in [-0.15, -0.1) is 11.3 Å². The standard InChI is InChI=1S/C13H13ClFNS/c1-8-5-10(9(2)17-8)7-16-11-3-4-13(15)12(14)6-11/h3-6,16H,7H2,1-2H3. The first-order valence-electron chi connectivity index (χ1n) is 5.31. The number of nitrogens with one attached hydrogen (secondary N) is 1. The molecule has 1 heterocycles. The molecule has 2 aromatic rings. The molecular formula is C13H13ClFNS. The maximum absolute atomic E-state index is 13.0. The molecule has 2 rings (SSSR count). The summed E-state index contributed by atoms with van der Waals surface area (Å²) in [4.78, 5) is 2.61. The molecule has 17 heavy (non-hydrogen) atoms. The molecule has 0 unspecified atom stereocenters. The average molecular weight is 270 g/mol. The fraction of sp³-hybridized carbons (Fsp3) is 0.231. The number of hydrogen-bond donors (Lipinski definition) is 1. The Hall–Kier alpha value is -1.06. The molecule has 0 fully saturated rings. The number of hydrogen-bond acceptors (Lipinski definition) is 2. The van der Waals surface area contributed by atoms with Crippen molar-refractivity contribution in [1.82, 2.24) is 0 Å². The van der Waals surface area contributed by atoms with Crippen LogP contribution in [0.3, 0.4) is 0 Å². The molecule has 0 aliphatic carbocycles. The van der Waals surface area contributed by atoms with Crippen LogP contribution in [-0.2, 0) is 6.54 Å². The molecule has 0 bridgehead atoms. The summed E-state index contributed by atoms with van der Waals surface area (Å²) >= 11 is 7.50. The van der Waals surface area contributed by atoms with Crippen LogP contribution in [0.15, 0.2) is 24.3 Å². The monoisotopic (exact) mass is 269 g/mol. The van der Waals surface area contributed by atoms with E-state index in [-0.39, 0.29) is 10.8 Å². The lowest BCUT2D eigenvalue weighted by atomic mass is 10.2. The molecule has 0 radical (unpaired) electrons.